The first-order valence-electron chi connectivity index (χ1n) is 8.35. The lowest BCUT2D eigenvalue weighted by Gasteiger charge is -2.19. The van der Waals surface area contributed by atoms with Gasteiger partial charge in [-0.05, 0) is 36.8 Å². The van der Waals surface area contributed by atoms with Crippen molar-refractivity contribution in [2.75, 3.05) is 35.0 Å². The Labute approximate surface area is 160 Å². The van der Waals surface area contributed by atoms with Gasteiger partial charge < -0.3 is 18.9 Å². The lowest BCUT2D eigenvalue weighted by molar-refractivity contribution is 0.310. The van der Waals surface area contributed by atoms with E-state index in [2.05, 4.69) is 0 Å². The molecule has 0 N–H and O–H groups in total. The van der Waals surface area contributed by atoms with Crippen LogP contribution in [0.4, 0.5) is 0 Å². The van der Waals surface area contributed by atoms with Crippen LogP contribution < -0.4 is 18.9 Å². The summed E-state index contributed by atoms with van der Waals surface area (Å²) in [4.78, 5) is 0.126. The molecule has 0 radical (unpaired) electrons. The van der Waals surface area contributed by atoms with Crippen LogP contribution in [0.1, 0.15) is 12.5 Å². The number of rotatable bonds is 9. The Kier molecular flexibility index (Phi) is 6.92. The van der Waals surface area contributed by atoms with E-state index in [0.717, 1.165) is 5.56 Å². The standard InChI is InChI=1S/C19H25NO6S/c1-6-26-17-9-7-14(11-18(17)24-4)13-20(2)27(21,22)15-8-10-16(23-3)19(12-15)25-5/h7-12H,6,13H2,1-5H3. The van der Waals surface area contributed by atoms with Crippen molar-refractivity contribution < 1.29 is 27.4 Å². The van der Waals surface area contributed by atoms with Gasteiger partial charge in [0.25, 0.3) is 0 Å². The predicted molar refractivity (Wildman–Crippen MR) is 102 cm³/mol. The molecule has 0 unspecified atom stereocenters. The fourth-order valence-electron chi connectivity index (χ4n) is 2.58. The van der Waals surface area contributed by atoms with Crippen LogP contribution in [-0.4, -0.2) is 47.7 Å². The molecule has 0 spiro atoms. The number of hydrogen-bond acceptors (Lipinski definition) is 6. The zero-order chi connectivity index (χ0) is 20.0. The largest absolute Gasteiger partial charge is 0.493 e. The van der Waals surface area contributed by atoms with Gasteiger partial charge in [0.2, 0.25) is 10.0 Å². The molecule has 0 aliphatic heterocycles. The third kappa shape index (κ3) is 4.64. The summed E-state index contributed by atoms with van der Waals surface area (Å²) in [7, 11) is 2.32. The molecule has 148 valence electrons. The molecule has 2 rings (SSSR count). The number of methoxy groups -OCH3 is 3. The molecule has 8 heteroatoms. The molecule has 0 saturated carbocycles. The highest BCUT2D eigenvalue weighted by molar-refractivity contribution is 7.89. The molecule has 0 atom stereocenters. The van der Waals surface area contributed by atoms with E-state index in [1.165, 1.54) is 37.7 Å². The maximum absolute atomic E-state index is 12.9. The van der Waals surface area contributed by atoms with E-state index in [9.17, 15) is 8.42 Å². The van der Waals surface area contributed by atoms with E-state index >= 15 is 0 Å². The van der Waals surface area contributed by atoms with E-state index in [0.29, 0.717) is 29.6 Å². The summed E-state index contributed by atoms with van der Waals surface area (Å²) in [5.41, 5.74) is 0.779. The van der Waals surface area contributed by atoms with Gasteiger partial charge in [-0.15, -0.1) is 0 Å². The van der Waals surface area contributed by atoms with Crippen molar-refractivity contribution in [2.45, 2.75) is 18.4 Å². The SMILES string of the molecule is CCOc1ccc(CN(C)S(=O)(=O)c2ccc(OC)c(OC)c2)cc1OC. The van der Waals surface area contributed by atoms with Gasteiger partial charge in [0.1, 0.15) is 0 Å². The van der Waals surface area contributed by atoms with Gasteiger partial charge in [-0.25, -0.2) is 8.42 Å². The van der Waals surface area contributed by atoms with E-state index < -0.39 is 10.0 Å². The highest BCUT2D eigenvalue weighted by Crippen LogP contribution is 2.32. The van der Waals surface area contributed by atoms with Crippen LogP contribution in [0.5, 0.6) is 23.0 Å². The third-order valence-electron chi connectivity index (χ3n) is 4.00. The Bertz CT molecular complexity index is 882. The summed E-state index contributed by atoms with van der Waals surface area (Å²) in [5, 5.41) is 0. The first-order valence-corrected chi connectivity index (χ1v) is 9.79. The van der Waals surface area contributed by atoms with Crippen molar-refractivity contribution >= 4 is 10.0 Å². The zero-order valence-corrected chi connectivity index (χ0v) is 17.0. The lowest BCUT2D eigenvalue weighted by atomic mass is 10.2. The molecule has 7 nitrogen and oxygen atoms in total. The van der Waals surface area contributed by atoms with Crippen LogP contribution in [0, 0.1) is 0 Å². The average molecular weight is 395 g/mol. The molecule has 0 aliphatic carbocycles. The second-order valence-electron chi connectivity index (χ2n) is 5.70. The number of sulfonamides is 1. The second kappa shape index (κ2) is 8.96. The van der Waals surface area contributed by atoms with Crippen molar-refractivity contribution in [1.29, 1.82) is 0 Å². The van der Waals surface area contributed by atoms with E-state index in [-0.39, 0.29) is 11.4 Å². The fourth-order valence-corrected chi connectivity index (χ4v) is 3.76. The fraction of sp³-hybridized carbons (Fsp3) is 0.368. The summed E-state index contributed by atoms with van der Waals surface area (Å²) in [5.74, 6) is 2.01. The Morgan fingerprint density at radius 2 is 1.44 bits per heavy atom. The van der Waals surface area contributed by atoms with Crippen molar-refractivity contribution in [2.24, 2.45) is 0 Å². The molecular formula is C19H25NO6S. The summed E-state index contributed by atoms with van der Waals surface area (Å²) in [6.07, 6.45) is 0. The molecule has 2 aromatic rings. The molecule has 0 heterocycles. The van der Waals surface area contributed by atoms with Crippen LogP contribution in [0.15, 0.2) is 41.3 Å². The van der Waals surface area contributed by atoms with E-state index in [1.54, 1.807) is 25.3 Å². The van der Waals surface area contributed by atoms with Crippen LogP contribution in [0.25, 0.3) is 0 Å². The van der Waals surface area contributed by atoms with Gasteiger partial charge in [-0.1, -0.05) is 6.07 Å². The number of nitrogens with zero attached hydrogens (tertiary/aromatic N) is 1. The van der Waals surface area contributed by atoms with Crippen molar-refractivity contribution in [3.63, 3.8) is 0 Å². The minimum atomic E-state index is -3.71. The van der Waals surface area contributed by atoms with Gasteiger partial charge in [-0.3, -0.25) is 0 Å². The molecule has 0 aromatic heterocycles. The Hall–Kier alpha value is -2.45. The smallest absolute Gasteiger partial charge is 0.243 e. The Balaban J connectivity index is 2.27. The van der Waals surface area contributed by atoms with Crippen molar-refractivity contribution in [3.8, 4) is 23.0 Å². The maximum atomic E-state index is 12.9. The van der Waals surface area contributed by atoms with E-state index in [4.69, 9.17) is 18.9 Å². The first-order chi connectivity index (χ1) is 12.9. The molecule has 0 saturated heterocycles. The van der Waals surface area contributed by atoms with Gasteiger partial charge in [0, 0.05) is 19.7 Å². The highest BCUT2D eigenvalue weighted by atomic mass is 32.2. The predicted octanol–water partition coefficient (Wildman–Crippen LogP) is 2.93. The van der Waals surface area contributed by atoms with Gasteiger partial charge in [0.05, 0.1) is 32.8 Å². The molecule has 0 amide bonds. The molecule has 0 aliphatic rings. The Morgan fingerprint density at radius 3 is 2.04 bits per heavy atom. The van der Waals surface area contributed by atoms with Gasteiger partial charge in [-0.2, -0.15) is 4.31 Å². The van der Waals surface area contributed by atoms with Crippen LogP contribution >= 0.6 is 0 Å². The van der Waals surface area contributed by atoms with Gasteiger partial charge in [0.15, 0.2) is 23.0 Å². The van der Waals surface area contributed by atoms with E-state index in [1.807, 2.05) is 13.0 Å². The van der Waals surface area contributed by atoms with Gasteiger partial charge >= 0.3 is 0 Å². The minimum absolute atomic E-state index is 0.126. The van der Waals surface area contributed by atoms with Crippen molar-refractivity contribution in [3.05, 3.63) is 42.0 Å². The number of benzene rings is 2. The average Bonchev–Trinajstić information content (AvgIpc) is 2.68. The number of ether oxygens (including phenoxy) is 4. The third-order valence-corrected chi connectivity index (χ3v) is 5.80. The summed E-state index contributed by atoms with van der Waals surface area (Å²) in [6, 6.07) is 9.86. The van der Waals surface area contributed by atoms with Crippen molar-refractivity contribution in [1.82, 2.24) is 4.31 Å². The van der Waals surface area contributed by atoms with Crippen LogP contribution in [0.2, 0.25) is 0 Å². The quantitative estimate of drug-likeness (QED) is 0.650. The highest BCUT2D eigenvalue weighted by Gasteiger charge is 2.23. The molecule has 0 fully saturated rings. The topological polar surface area (TPSA) is 74.3 Å². The summed E-state index contributed by atoms with van der Waals surface area (Å²) >= 11 is 0. The maximum Gasteiger partial charge on any atom is 0.243 e. The summed E-state index contributed by atoms with van der Waals surface area (Å²) < 4.78 is 48.2. The lowest BCUT2D eigenvalue weighted by Crippen LogP contribution is -2.26. The molecular weight excluding hydrogens is 370 g/mol. The summed E-state index contributed by atoms with van der Waals surface area (Å²) in [6.45, 7) is 2.58. The molecule has 2 aromatic carbocycles. The number of hydrogen-bond donors (Lipinski definition) is 0. The monoisotopic (exact) mass is 395 g/mol. The first kappa shape index (κ1) is 20.9. The minimum Gasteiger partial charge on any atom is -0.493 e. The Morgan fingerprint density at radius 1 is 0.852 bits per heavy atom. The van der Waals surface area contributed by atoms with Crippen LogP contribution in [-0.2, 0) is 16.6 Å². The molecule has 27 heavy (non-hydrogen) atoms. The zero-order valence-electron chi connectivity index (χ0n) is 16.2. The van der Waals surface area contributed by atoms with Crippen LogP contribution in [0.3, 0.4) is 0 Å². The molecule has 0 bridgehead atoms. The normalized spacial score (nSPS) is 11.3. The second-order valence-corrected chi connectivity index (χ2v) is 7.74.